The monoisotopic (exact) mass is 497 g/mol. The number of nitrogens with one attached hydrogen (secondary N) is 1. The molecule has 2 fully saturated rings. The highest BCUT2D eigenvalue weighted by molar-refractivity contribution is 7.90. The standard InChI is InChI=1S/C23H29ClFN3O4S/c1-28-13-22(26-14-28)33(30,31)27-23(29)18-11-19(24)21(12-20(18)25)32-7-3-6-17-9-15-4-2-5-16(8-15)10-17/h11-17H,2-10H2,1H3,(H,27,29). The summed E-state index contributed by atoms with van der Waals surface area (Å²) in [6.07, 6.45) is 12.5. The Morgan fingerprint density at radius 1 is 1.27 bits per heavy atom. The zero-order chi connectivity index (χ0) is 23.6. The van der Waals surface area contributed by atoms with Crippen molar-refractivity contribution in [1.82, 2.24) is 14.3 Å². The fourth-order valence-corrected chi connectivity index (χ4v) is 6.40. The fraction of sp³-hybridized carbons (Fsp3) is 0.565. The van der Waals surface area contributed by atoms with Crippen molar-refractivity contribution in [2.75, 3.05) is 6.61 Å². The first kappa shape index (κ1) is 24.0. The molecule has 1 aromatic heterocycles. The van der Waals surface area contributed by atoms with E-state index in [1.165, 1.54) is 55.6 Å². The van der Waals surface area contributed by atoms with Crippen molar-refractivity contribution in [3.05, 3.63) is 41.1 Å². The lowest BCUT2D eigenvalue weighted by atomic mass is 9.67. The molecule has 1 aromatic carbocycles. The van der Waals surface area contributed by atoms with E-state index >= 15 is 0 Å². The van der Waals surface area contributed by atoms with Crippen LogP contribution in [0.4, 0.5) is 4.39 Å². The first-order chi connectivity index (χ1) is 15.7. The summed E-state index contributed by atoms with van der Waals surface area (Å²) in [5, 5.41) is -0.296. The van der Waals surface area contributed by atoms with Crippen molar-refractivity contribution in [1.29, 1.82) is 0 Å². The summed E-state index contributed by atoms with van der Waals surface area (Å²) in [5.74, 6) is 0.591. The summed E-state index contributed by atoms with van der Waals surface area (Å²) < 4.78 is 48.0. The predicted octanol–water partition coefficient (Wildman–Crippen LogP) is 4.71. The maximum Gasteiger partial charge on any atom is 0.283 e. The Labute approximate surface area is 198 Å². The van der Waals surface area contributed by atoms with Gasteiger partial charge in [0.2, 0.25) is 0 Å². The minimum atomic E-state index is -4.23. The number of amides is 1. The van der Waals surface area contributed by atoms with E-state index in [4.69, 9.17) is 16.3 Å². The Morgan fingerprint density at radius 2 is 2.00 bits per heavy atom. The van der Waals surface area contributed by atoms with E-state index in [0.717, 1.165) is 42.7 Å². The van der Waals surface area contributed by atoms with E-state index in [9.17, 15) is 17.6 Å². The zero-order valence-corrected chi connectivity index (χ0v) is 20.2. The summed E-state index contributed by atoms with van der Waals surface area (Å²) in [6, 6.07) is 2.10. The quantitative estimate of drug-likeness (QED) is 0.533. The lowest BCUT2D eigenvalue weighted by Gasteiger charge is -2.39. The number of aromatic nitrogens is 2. The van der Waals surface area contributed by atoms with Gasteiger partial charge in [0.05, 0.1) is 23.5 Å². The molecule has 1 N–H and O–H groups in total. The Balaban J connectivity index is 1.31. The number of carbonyl (C=O) groups excluding carboxylic acids is 1. The lowest BCUT2D eigenvalue weighted by Crippen LogP contribution is -2.31. The van der Waals surface area contributed by atoms with Gasteiger partial charge in [0.25, 0.3) is 15.9 Å². The van der Waals surface area contributed by atoms with Crippen LogP contribution in [0.5, 0.6) is 5.75 Å². The van der Waals surface area contributed by atoms with E-state index < -0.39 is 27.3 Å². The molecule has 0 saturated heterocycles. The molecule has 10 heteroatoms. The number of hydrogen-bond donors (Lipinski definition) is 1. The van der Waals surface area contributed by atoms with Gasteiger partial charge in [-0.15, -0.1) is 0 Å². The maximum absolute atomic E-state index is 14.6. The molecule has 0 aliphatic heterocycles. The molecule has 2 atom stereocenters. The van der Waals surface area contributed by atoms with Gasteiger partial charge in [-0.05, 0) is 55.9 Å². The average molecular weight is 498 g/mol. The molecular formula is C23H29ClFN3O4S. The first-order valence-electron chi connectivity index (χ1n) is 11.4. The average Bonchev–Trinajstić information content (AvgIpc) is 3.20. The molecule has 2 aliphatic rings. The van der Waals surface area contributed by atoms with E-state index in [1.54, 1.807) is 7.05 Å². The highest BCUT2D eigenvalue weighted by Gasteiger charge is 2.31. The van der Waals surface area contributed by atoms with Crippen molar-refractivity contribution < 1.29 is 22.3 Å². The Bertz CT molecular complexity index is 1110. The van der Waals surface area contributed by atoms with Gasteiger partial charge in [-0.2, -0.15) is 8.42 Å². The van der Waals surface area contributed by atoms with Gasteiger partial charge in [-0.3, -0.25) is 4.79 Å². The van der Waals surface area contributed by atoms with Crippen LogP contribution < -0.4 is 9.46 Å². The van der Waals surface area contributed by atoms with Crippen molar-refractivity contribution in [3.63, 3.8) is 0 Å². The van der Waals surface area contributed by atoms with Crippen molar-refractivity contribution >= 4 is 27.5 Å². The van der Waals surface area contributed by atoms with Crippen LogP contribution in [0.25, 0.3) is 0 Å². The summed E-state index contributed by atoms with van der Waals surface area (Å²) in [6.45, 7) is 0.407. The number of hydrogen-bond acceptors (Lipinski definition) is 5. The summed E-state index contributed by atoms with van der Waals surface area (Å²) >= 11 is 6.19. The number of nitrogens with zero attached hydrogens (tertiary/aromatic N) is 2. The highest BCUT2D eigenvalue weighted by atomic mass is 35.5. The van der Waals surface area contributed by atoms with Crippen LogP contribution >= 0.6 is 11.6 Å². The number of benzene rings is 1. The Kier molecular flexibility index (Phi) is 7.28. The normalized spacial score (nSPS) is 22.7. The highest BCUT2D eigenvalue weighted by Crippen LogP contribution is 2.43. The number of carbonyl (C=O) groups is 1. The summed E-state index contributed by atoms with van der Waals surface area (Å²) in [7, 11) is -2.64. The van der Waals surface area contributed by atoms with Gasteiger partial charge < -0.3 is 9.30 Å². The third-order valence-corrected chi connectivity index (χ3v) is 8.20. The molecule has 4 rings (SSSR count). The van der Waals surface area contributed by atoms with Crippen LogP contribution in [0.1, 0.15) is 61.7 Å². The zero-order valence-electron chi connectivity index (χ0n) is 18.6. The van der Waals surface area contributed by atoms with E-state index in [1.807, 2.05) is 4.72 Å². The van der Waals surface area contributed by atoms with Crippen molar-refractivity contribution in [2.24, 2.45) is 24.8 Å². The van der Waals surface area contributed by atoms with Gasteiger partial charge in [0.1, 0.15) is 11.6 Å². The van der Waals surface area contributed by atoms with E-state index in [0.29, 0.717) is 6.61 Å². The molecule has 7 nitrogen and oxygen atoms in total. The minimum Gasteiger partial charge on any atom is -0.492 e. The first-order valence-corrected chi connectivity index (χ1v) is 13.2. The number of rotatable bonds is 8. The van der Waals surface area contributed by atoms with Gasteiger partial charge in [-0.25, -0.2) is 14.1 Å². The van der Waals surface area contributed by atoms with Gasteiger partial charge >= 0.3 is 0 Å². The van der Waals surface area contributed by atoms with Crippen molar-refractivity contribution in [2.45, 2.75) is 56.4 Å². The molecule has 0 spiro atoms. The SMILES string of the molecule is Cn1cnc(S(=O)(=O)NC(=O)c2cc(Cl)c(OCCCC3CC4CCCC(C3)C4)cc2F)c1. The second-order valence-electron chi connectivity index (χ2n) is 9.30. The molecule has 0 radical (unpaired) electrons. The molecule has 2 unspecified atom stereocenters. The topological polar surface area (TPSA) is 90.3 Å². The van der Waals surface area contributed by atoms with Crippen LogP contribution in [0.3, 0.4) is 0 Å². The van der Waals surface area contributed by atoms with Crippen LogP contribution in [0.2, 0.25) is 5.02 Å². The Morgan fingerprint density at radius 3 is 2.67 bits per heavy atom. The predicted molar refractivity (Wildman–Crippen MR) is 122 cm³/mol. The smallest absolute Gasteiger partial charge is 0.283 e. The molecule has 1 amide bonds. The van der Waals surface area contributed by atoms with Gasteiger partial charge in [0.15, 0.2) is 5.03 Å². The molecular weight excluding hydrogens is 469 g/mol. The second kappa shape index (κ2) is 10.0. The Hall–Kier alpha value is -2.13. The van der Waals surface area contributed by atoms with Crippen LogP contribution in [0, 0.1) is 23.6 Å². The third-order valence-electron chi connectivity index (χ3n) is 6.69. The van der Waals surface area contributed by atoms with Gasteiger partial charge in [-0.1, -0.05) is 30.9 Å². The maximum atomic E-state index is 14.6. The van der Waals surface area contributed by atoms with Gasteiger partial charge in [0, 0.05) is 19.3 Å². The number of sulfonamides is 1. The molecule has 2 bridgehead atoms. The summed E-state index contributed by atoms with van der Waals surface area (Å²) in [5.41, 5.74) is -0.486. The molecule has 1 heterocycles. The van der Waals surface area contributed by atoms with E-state index in [-0.39, 0.29) is 15.8 Å². The number of ether oxygens (including phenoxy) is 1. The van der Waals surface area contributed by atoms with Crippen LogP contribution in [-0.2, 0) is 17.1 Å². The minimum absolute atomic E-state index is 0.0454. The number of aryl methyl sites for hydroxylation is 1. The molecule has 2 aromatic rings. The second-order valence-corrected chi connectivity index (χ2v) is 11.3. The lowest BCUT2D eigenvalue weighted by molar-refractivity contribution is 0.0977. The molecule has 33 heavy (non-hydrogen) atoms. The fourth-order valence-electron chi connectivity index (χ4n) is 5.23. The number of halogens is 2. The largest absolute Gasteiger partial charge is 0.492 e. The summed E-state index contributed by atoms with van der Waals surface area (Å²) in [4.78, 5) is 16.1. The molecule has 2 aliphatic carbocycles. The molecule has 180 valence electrons. The number of imidazole rings is 1. The van der Waals surface area contributed by atoms with Crippen molar-refractivity contribution in [3.8, 4) is 5.75 Å². The van der Waals surface area contributed by atoms with Crippen LogP contribution in [0.15, 0.2) is 29.7 Å². The molecule has 2 saturated carbocycles. The van der Waals surface area contributed by atoms with Crippen LogP contribution in [-0.4, -0.2) is 30.5 Å². The number of fused-ring (bicyclic) bond motifs is 2. The van der Waals surface area contributed by atoms with E-state index in [2.05, 4.69) is 4.98 Å². The third kappa shape index (κ3) is 5.87.